The van der Waals surface area contributed by atoms with Crippen LogP contribution in [0.5, 0.6) is 5.75 Å². The first kappa shape index (κ1) is 18.4. The predicted octanol–water partition coefficient (Wildman–Crippen LogP) is 4.50. The lowest BCUT2D eigenvalue weighted by Crippen LogP contribution is -2.21. The van der Waals surface area contributed by atoms with E-state index in [9.17, 15) is 9.59 Å². The molecule has 0 aliphatic carbocycles. The summed E-state index contributed by atoms with van der Waals surface area (Å²) in [7, 11) is 0. The van der Waals surface area contributed by atoms with Gasteiger partial charge in [-0.05, 0) is 36.2 Å². The van der Waals surface area contributed by atoms with Gasteiger partial charge < -0.3 is 10.1 Å². The van der Waals surface area contributed by atoms with E-state index < -0.39 is 0 Å². The van der Waals surface area contributed by atoms with E-state index in [4.69, 9.17) is 4.74 Å². The highest BCUT2D eigenvalue weighted by Gasteiger charge is 2.15. The minimum absolute atomic E-state index is 0.126. The summed E-state index contributed by atoms with van der Waals surface area (Å²) in [6.07, 6.45) is 0.951. The summed E-state index contributed by atoms with van der Waals surface area (Å²) in [5.41, 5.74) is 2.71. The number of nitrogens with one attached hydrogen (secondary N) is 1. The van der Waals surface area contributed by atoms with Crippen molar-refractivity contribution in [3.05, 3.63) is 95.6 Å². The molecule has 0 radical (unpaired) electrons. The van der Waals surface area contributed by atoms with Gasteiger partial charge in [-0.2, -0.15) is 0 Å². The van der Waals surface area contributed by atoms with E-state index in [0.717, 1.165) is 6.42 Å². The number of benzene rings is 3. The van der Waals surface area contributed by atoms with Crippen LogP contribution in [0, 0.1) is 0 Å². The Kier molecular flexibility index (Phi) is 6.00. The molecule has 4 nitrogen and oxygen atoms in total. The lowest BCUT2D eigenvalue weighted by atomic mass is 10.0. The summed E-state index contributed by atoms with van der Waals surface area (Å²) in [5.74, 6) is 0.182. The second-order valence-electron chi connectivity index (χ2n) is 6.08. The number of carbonyl (C=O) groups is 2. The molecule has 3 rings (SSSR count). The summed E-state index contributed by atoms with van der Waals surface area (Å²) in [5, 5.41) is 2.77. The first-order valence-electron chi connectivity index (χ1n) is 8.87. The van der Waals surface area contributed by atoms with Gasteiger partial charge in [0.2, 0.25) is 0 Å². The summed E-state index contributed by atoms with van der Waals surface area (Å²) < 4.78 is 5.53. The highest BCUT2D eigenvalue weighted by atomic mass is 16.5. The number of carbonyl (C=O) groups excluding carboxylic acids is 2. The molecule has 136 valence electrons. The highest BCUT2D eigenvalue weighted by molar-refractivity contribution is 6.13. The lowest BCUT2D eigenvalue weighted by molar-refractivity contribution is -0.118. The number of hydrogen-bond acceptors (Lipinski definition) is 3. The maximum Gasteiger partial charge on any atom is 0.262 e. The Labute approximate surface area is 158 Å². The van der Waals surface area contributed by atoms with Gasteiger partial charge in [-0.25, -0.2) is 0 Å². The van der Waals surface area contributed by atoms with Crippen molar-refractivity contribution in [3.63, 3.8) is 0 Å². The number of ketones is 1. The maximum atomic E-state index is 12.7. The van der Waals surface area contributed by atoms with E-state index in [2.05, 4.69) is 12.2 Å². The molecule has 27 heavy (non-hydrogen) atoms. The normalized spacial score (nSPS) is 10.3. The van der Waals surface area contributed by atoms with Crippen LogP contribution in [0.4, 0.5) is 5.69 Å². The quantitative estimate of drug-likeness (QED) is 0.632. The molecule has 0 heterocycles. The average Bonchev–Trinajstić information content (AvgIpc) is 2.73. The van der Waals surface area contributed by atoms with Crippen LogP contribution in [-0.4, -0.2) is 18.3 Å². The summed E-state index contributed by atoms with van der Waals surface area (Å²) in [6.45, 7) is 1.96. The summed E-state index contributed by atoms with van der Waals surface area (Å²) in [4.78, 5) is 25.0. The molecule has 0 spiro atoms. The zero-order chi connectivity index (χ0) is 19.1. The van der Waals surface area contributed by atoms with Crippen LogP contribution in [0.15, 0.2) is 78.9 Å². The van der Waals surface area contributed by atoms with Crippen molar-refractivity contribution in [1.29, 1.82) is 0 Å². The van der Waals surface area contributed by atoms with Crippen molar-refractivity contribution in [3.8, 4) is 5.75 Å². The third kappa shape index (κ3) is 4.82. The van der Waals surface area contributed by atoms with Crippen LogP contribution in [0.1, 0.15) is 28.4 Å². The molecule has 1 N–H and O–H groups in total. The van der Waals surface area contributed by atoms with Gasteiger partial charge in [-0.15, -0.1) is 0 Å². The Hall–Kier alpha value is -3.40. The number of amides is 1. The molecule has 0 bridgehead atoms. The average molecular weight is 359 g/mol. The first-order valence-corrected chi connectivity index (χ1v) is 8.87. The fourth-order valence-electron chi connectivity index (χ4n) is 2.69. The third-order valence-corrected chi connectivity index (χ3v) is 4.18. The van der Waals surface area contributed by atoms with E-state index in [0.29, 0.717) is 22.6 Å². The molecular weight excluding hydrogens is 338 g/mol. The molecule has 0 atom stereocenters. The number of anilines is 1. The molecule has 3 aromatic rings. The lowest BCUT2D eigenvalue weighted by Gasteiger charge is -2.11. The van der Waals surface area contributed by atoms with Gasteiger partial charge in [0.15, 0.2) is 12.4 Å². The maximum absolute atomic E-state index is 12.7. The van der Waals surface area contributed by atoms with Gasteiger partial charge in [-0.1, -0.05) is 61.5 Å². The number of hydrogen-bond donors (Lipinski definition) is 1. The van der Waals surface area contributed by atoms with E-state index in [1.165, 1.54) is 5.56 Å². The molecule has 0 fully saturated rings. The molecular formula is C23H21NO3. The van der Waals surface area contributed by atoms with Crippen LogP contribution in [0.2, 0.25) is 0 Å². The van der Waals surface area contributed by atoms with Crippen molar-refractivity contribution < 1.29 is 14.3 Å². The fraction of sp³-hybridized carbons (Fsp3) is 0.130. The number of aryl methyl sites for hydroxylation is 1. The number of para-hydroxylation sites is 1. The Balaban J connectivity index is 1.66. The molecule has 4 heteroatoms. The fourth-order valence-corrected chi connectivity index (χ4v) is 2.69. The number of ether oxygens (including phenoxy) is 1. The van der Waals surface area contributed by atoms with Gasteiger partial charge in [0.1, 0.15) is 5.75 Å². The third-order valence-electron chi connectivity index (χ3n) is 4.18. The molecule has 0 unspecified atom stereocenters. The minimum Gasteiger partial charge on any atom is -0.484 e. The summed E-state index contributed by atoms with van der Waals surface area (Å²) in [6, 6.07) is 23.6. The van der Waals surface area contributed by atoms with Crippen molar-refractivity contribution in [2.75, 3.05) is 11.9 Å². The van der Waals surface area contributed by atoms with Gasteiger partial charge in [0.05, 0.1) is 5.69 Å². The van der Waals surface area contributed by atoms with Gasteiger partial charge >= 0.3 is 0 Å². The highest BCUT2D eigenvalue weighted by Crippen LogP contribution is 2.19. The molecule has 0 aliphatic heterocycles. The van der Waals surface area contributed by atoms with E-state index in [1.54, 1.807) is 36.4 Å². The molecule has 0 saturated carbocycles. The van der Waals surface area contributed by atoms with Gasteiger partial charge in [0.25, 0.3) is 5.91 Å². The van der Waals surface area contributed by atoms with E-state index in [-0.39, 0.29) is 18.3 Å². The molecule has 1 amide bonds. The SMILES string of the molecule is CCc1ccc(OCC(=O)Nc2ccccc2C(=O)c2ccccc2)cc1. The first-order chi connectivity index (χ1) is 13.2. The van der Waals surface area contributed by atoms with Gasteiger partial charge in [-0.3, -0.25) is 9.59 Å². The predicted molar refractivity (Wildman–Crippen MR) is 106 cm³/mol. The minimum atomic E-state index is -0.317. The smallest absolute Gasteiger partial charge is 0.262 e. The second-order valence-corrected chi connectivity index (χ2v) is 6.08. The van der Waals surface area contributed by atoms with Crippen LogP contribution in [0.25, 0.3) is 0 Å². The van der Waals surface area contributed by atoms with Crippen LogP contribution in [0.3, 0.4) is 0 Å². The van der Waals surface area contributed by atoms with Crippen molar-refractivity contribution in [2.45, 2.75) is 13.3 Å². The van der Waals surface area contributed by atoms with E-state index >= 15 is 0 Å². The van der Waals surface area contributed by atoms with Crippen LogP contribution in [-0.2, 0) is 11.2 Å². The largest absolute Gasteiger partial charge is 0.484 e. The Morgan fingerprint density at radius 1 is 0.852 bits per heavy atom. The molecule has 0 saturated heterocycles. The van der Waals surface area contributed by atoms with Crippen LogP contribution >= 0.6 is 0 Å². The van der Waals surface area contributed by atoms with Gasteiger partial charge in [0, 0.05) is 11.1 Å². The molecule has 0 aliphatic rings. The van der Waals surface area contributed by atoms with E-state index in [1.807, 2.05) is 42.5 Å². The Bertz CT molecular complexity index is 918. The zero-order valence-electron chi connectivity index (χ0n) is 15.1. The monoisotopic (exact) mass is 359 g/mol. The zero-order valence-corrected chi connectivity index (χ0v) is 15.1. The topological polar surface area (TPSA) is 55.4 Å². The second kappa shape index (κ2) is 8.81. The van der Waals surface area contributed by atoms with Crippen molar-refractivity contribution in [2.24, 2.45) is 0 Å². The van der Waals surface area contributed by atoms with Crippen molar-refractivity contribution in [1.82, 2.24) is 0 Å². The molecule has 3 aromatic carbocycles. The van der Waals surface area contributed by atoms with Crippen LogP contribution < -0.4 is 10.1 Å². The Morgan fingerprint density at radius 3 is 2.22 bits per heavy atom. The standard InChI is InChI=1S/C23H21NO3/c1-2-17-12-14-19(15-13-17)27-16-22(25)24-21-11-7-6-10-20(21)23(26)18-8-4-3-5-9-18/h3-15H,2,16H2,1H3,(H,24,25). The molecule has 0 aromatic heterocycles. The summed E-state index contributed by atoms with van der Waals surface area (Å²) >= 11 is 0. The Morgan fingerprint density at radius 2 is 1.52 bits per heavy atom. The van der Waals surface area contributed by atoms with Crippen molar-refractivity contribution >= 4 is 17.4 Å². The number of rotatable bonds is 7.